The number of allylic oxidation sites excluding steroid dienone is 1. The molecule has 0 aromatic heterocycles. The predicted octanol–water partition coefficient (Wildman–Crippen LogP) is 6.27. The van der Waals surface area contributed by atoms with Crippen LogP contribution in [-0.2, 0) is 11.0 Å². The van der Waals surface area contributed by atoms with Crippen LogP contribution in [0, 0.1) is 17.2 Å². The zero-order valence-corrected chi connectivity index (χ0v) is 18.7. The summed E-state index contributed by atoms with van der Waals surface area (Å²) in [6.07, 6.45) is -0.137. The van der Waals surface area contributed by atoms with Gasteiger partial charge >= 0.3 is 12.2 Å². The summed E-state index contributed by atoms with van der Waals surface area (Å²) >= 11 is 0. The number of urea groups is 1. The Hall–Kier alpha value is -3.60. The number of ketones is 1. The first-order valence-electron chi connectivity index (χ1n) is 11.2. The lowest BCUT2D eigenvalue weighted by Gasteiger charge is -2.37. The zero-order chi connectivity index (χ0) is 24.5. The molecule has 8 heteroatoms. The highest BCUT2D eigenvalue weighted by Gasteiger charge is 2.39. The summed E-state index contributed by atoms with van der Waals surface area (Å²) < 4.78 is 39.9. The molecule has 5 nitrogen and oxygen atoms in total. The minimum absolute atomic E-state index is 0.0389. The Morgan fingerprint density at radius 1 is 1.09 bits per heavy atom. The van der Waals surface area contributed by atoms with Gasteiger partial charge in [-0.05, 0) is 55.7 Å². The summed E-state index contributed by atoms with van der Waals surface area (Å²) in [5, 5.41) is 11.9. The van der Waals surface area contributed by atoms with Gasteiger partial charge in [0, 0.05) is 17.2 Å². The van der Waals surface area contributed by atoms with Crippen molar-refractivity contribution in [1.29, 1.82) is 5.26 Å². The second kappa shape index (κ2) is 9.34. The molecule has 0 spiro atoms. The molecule has 1 fully saturated rings. The monoisotopic (exact) mass is 467 g/mol. The second-order valence-corrected chi connectivity index (χ2v) is 8.70. The fourth-order valence-electron chi connectivity index (χ4n) is 4.78. The Bertz CT molecular complexity index is 1170. The molecule has 1 unspecified atom stereocenters. The highest BCUT2D eigenvalue weighted by atomic mass is 19.4. The van der Waals surface area contributed by atoms with Crippen LogP contribution in [0.4, 0.5) is 23.7 Å². The van der Waals surface area contributed by atoms with Crippen molar-refractivity contribution in [1.82, 2.24) is 5.32 Å². The van der Waals surface area contributed by atoms with E-state index < -0.39 is 23.8 Å². The third-order valence-electron chi connectivity index (χ3n) is 6.53. The topological polar surface area (TPSA) is 73.2 Å². The number of halogens is 3. The lowest BCUT2D eigenvalue weighted by molar-refractivity contribution is -0.137. The first-order chi connectivity index (χ1) is 16.2. The molecule has 0 bridgehead atoms. The highest BCUT2D eigenvalue weighted by Crippen LogP contribution is 2.39. The van der Waals surface area contributed by atoms with Gasteiger partial charge in [-0.1, -0.05) is 37.5 Å². The van der Waals surface area contributed by atoms with Crippen molar-refractivity contribution in [2.75, 3.05) is 4.90 Å². The molecule has 1 atom stereocenters. The molecule has 1 N–H and O–H groups in total. The second-order valence-electron chi connectivity index (χ2n) is 8.70. The van der Waals surface area contributed by atoms with Crippen molar-refractivity contribution in [2.45, 2.75) is 51.2 Å². The minimum atomic E-state index is -4.56. The van der Waals surface area contributed by atoms with Crippen LogP contribution in [0.2, 0.25) is 0 Å². The van der Waals surface area contributed by atoms with Crippen molar-refractivity contribution in [3.63, 3.8) is 0 Å². The number of nitrogens with zero attached hydrogens (tertiary/aromatic N) is 2. The fourth-order valence-corrected chi connectivity index (χ4v) is 4.78. The third kappa shape index (κ3) is 4.56. The average molecular weight is 467 g/mol. The van der Waals surface area contributed by atoms with Crippen LogP contribution >= 0.6 is 0 Å². The number of rotatable bonds is 4. The van der Waals surface area contributed by atoms with Gasteiger partial charge in [-0.2, -0.15) is 18.4 Å². The van der Waals surface area contributed by atoms with E-state index in [1.165, 1.54) is 12.1 Å². The molecule has 0 saturated heterocycles. The number of Topliss-reactive ketones (excluding diaryl/α,β-unsaturated/α-hetero) is 1. The molecular formula is C26H24F3N3O2. The van der Waals surface area contributed by atoms with E-state index in [1.807, 2.05) is 6.07 Å². The lowest BCUT2D eigenvalue weighted by Crippen LogP contribution is -2.48. The molecular weight excluding hydrogens is 443 g/mol. The molecule has 2 aromatic carbocycles. The van der Waals surface area contributed by atoms with E-state index in [0.717, 1.165) is 49.1 Å². The Morgan fingerprint density at radius 2 is 1.76 bits per heavy atom. The van der Waals surface area contributed by atoms with Gasteiger partial charge in [0.05, 0.1) is 28.9 Å². The van der Waals surface area contributed by atoms with E-state index >= 15 is 0 Å². The fraction of sp³-hybridized carbons (Fsp3) is 0.346. The van der Waals surface area contributed by atoms with E-state index in [9.17, 15) is 22.8 Å². The molecule has 176 valence electrons. The van der Waals surface area contributed by atoms with Crippen LogP contribution in [0.5, 0.6) is 0 Å². The van der Waals surface area contributed by atoms with Crippen molar-refractivity contribution < 1.29 is 22.8 Å². The molecule has 34 heavy (non-hydrogen) atoms. The smallest absolute Gasteiger partial charge is 0.326 e. The standard InChI is InChI=1S/C26H24F3N3O2/c1-16-22(24(33)19-6-3-2-4-7-19)23(18-12-10-17(15-30)11-13-18)31-25(34)32(16)21-9-5-8-20(14-21)26(27,28)29/h5,8-14,19,23H,2-4,6-7H2,1H3,(H,31,34). The quantitative estimate of drug-likeness (QED) is 0.576. The molecule has 0 radical (unpaired) electrons. The van der Waals surface area contributed by atoms with Gasteiger partial charge in [-0.3, -0.25) is 9.69 Å². The van der Waals surface area contributed by atoms with Gasteiger partial charge in [0.1, 0.15) is 0 Å². The van der Waals surface area contributed by atoms with Crippen molar-refractivity contribution in [3.05, 3.63) is 76.5 Å². The summed E-state index contributed by atoms with van der Waals surface area (Å²) in [6.45, 7) is 1.60. The molecule has 1 saturated carbocycles. The number of amides is 2. The number of anilines is 1. The summed E-state index contributed by atoms with van der Waals surface area (Å²) in [4.78, 5) is 28.0. The Balaban J connectivity index is 1.82. The molecule has 1 aliphatic carbocycles. The van der Waals surface area contributed by atoms with Crippen LogP contribution in [0.3, 0.4) is 0 Å². The summed E-state index contributed by atoms with van der Waals surface area (Å²) in [5.41, 5.74) is 0.922. The molecule has 2 aliphatic rings. The number of hydrogen-bond donors (Lipinski definition) is 1. The van der Waals surface area contributed by atoms with Gasteiger partial charge in [0.15, 0.2) is 5.78 Å². The van der Waals surface area contributed by atoms with Gasteiger partial charge in [0.2, 0.25) is 0 Å². The maximum absolute atomic E-state index is 13.7. The van der Waals surface area contributed by atoms with E-state index in [0.29, 0.717) is 22.4 Å². The SMILES string of the molecule is CC1=C(C(=O)C2CCCCC2)C(c2ccc(C#N)cc2)NC(=O)N1c1cccc(C(F)(F)F)c1. The van der Waals surface area contributed by atoms with Crippen LogP contribution < -0.4 is 10.2 Å². The minimum Gasteiger partial charge on any atom is -0.326 e. The van der Waals surface area contributed by atoms with Crippen LogP contribution in [0.25, 0.3) is 0 Å². The first-order valence-corrected chi connectivity index (χ1v) is 11.2. The Labute approximate surface area is 195 Å². The molecule has 4 rings (SSSR count). The maximum atomic E-state index is 13.7. The van der Waals surface area contributed by atoms with Gasteiger partial charge in [-0.15, -0.1) is 0 Å². The van der Waals surface area contributed by atoms with Crippen molar-refractivity contribution in [2.24, 2.45) is 5.92 Å². The number of hydrogen-bond acceptors (Lipinski definition) is 3. The number of nitriles is 1. The number of nitrogens with one attached hydrogen (secondary N) is 1. The van der Waals surface area contributed by atoms with Gasteiger partial charge < -0.3 is 5.32 Å². The summed E-state index contributed by atoms with van der Waals surface area (Å²) in [6, 6.07) is 11.8. The highest BCUT2D eigenvalue weighted by molar-refractivity contribution is 6.06. The van der Waals surface area contributed by atoms with Crippen LogP contribution in [0.1, 0.15) is 61.8 Å². The van der Waals surface area contributed by atoms with E-state index in [4.69, 9.17) is 5.26 Å². The number of carbonyl (C=O) groups excluding carboxylic acids is 2. The largest absolute Gasteiger partial charge is 0.416 e. The van der Waals surface area contributed by atoms with E-state index in [2.05, 4.69) is 5.32 Å². The maximum Gasteiger partial charge on any atom is 0.416 e. The summed E-state index contributed by atoms with van der Waals surface area (Å²) in [5.74, 6) is -0.290. The molecule has 2 amide bonds. The van der Waals surface area contributed by atoms with Crippen LogP contribution in [0.15, 0.2) is 59.8 Å². The Morgan fingerprint density at radius 3 is 2.38 bits per heavy atom. The number of benzene rings is 2. The molecule has 2 aromatic rings. The van der Waals surface area contributed by atoms with Crippen LogP contribution in [-0.4, -0.2) is 11.8 Å². The first kappa shape index (κ1) is 23.6. The van der Waals surface area contributed by atoms with Crippen molar-refractivity contribution in [3.8, 4) is 6.07 Å². The van der Waals surface area contributed by atoms with Crippen molar-refractivity contribution >= 4 is 17.5 Å². The normalized spacial score (nSPS) is 19.6. The van der Waals surface area contributed by atoms with E-state index in [-0.39, 0.29) is 17.4 Å². The van der Waals surface area contributed by atoms with E-state index in [1.54, 1.807) is 31.2 Å². The third-order valence-corrected chi connectivity index (χ3v) is 6.53. The molecule has 1 heterocycles. The predicted molar refractivity (Wildman–Crippen MR) is 121 cm³/mol. The zero-order valence-electron chi connectivity index (χ0n) is 18.7. The summed E-state index contributed by atoms with van der Waals surface area (Å²) in [7, 11) is 0. The van der Waals surface area contributed by atoms with Gasteiger partial charge in [0.25, 0.3) is 0 Å². The molecule has 1 aliphatic heterocycles. The van der Waals surface area contributed by atoms with Gasteiger partial charge in [-0.25, -0.2) is 4.79 Å². The average Bonchev–Trinajstić information content (AvgIpc) is 2.83. The number of carbonyl (C=O) groups is 2. The lowest BCUT2D eigenvalue weighted by atomic mass is 9.79. The number of alkyl halides is 3. The Kier molecular flexibility index (Phi) is 6.47.